The van der Waals surface area contributed by atoms with Crippen molar-refractivity contribution in [3.8, 4) is 0 Å². The zero-order valence-electron chi connectivity index (χ0n) is 13.4. The molecule has 0 N–H and O–H groups in total. The number of hydrogen-bond acceptors (Lipinski definition) is 3. The van der Waals surface area contributed by atoms with Crippen LogP contribution in [0.2, 0.25) is 0 Å². The predicted octanol–water partition coefficient (Wildman–Crippen LogP) is 4.15. The van der Waals surface area contributed by atoms with E-state index in [1.807, 2.05) is 55.5 Å². The monoisotopic (exact) mass is 308 g/mol. The number of benzene rings is 2. The molecule has 0 heterocycles. The lowest BCUT2D eigenvalue weighted by Crippen LogP contribution is -2.16. The van der Waals surface area contributed by atoms with Gasteiger partial charge >= 0.3 is 5.97 Å². The van der Waals surface area contributed by atoms with Crippen LogP contribution in [0.5, 0.6) is 0 Å². The summed E-state index contributed by atoms with van der Waals surface area (Å²) in [5.41, 5.74) is 2.06. The molecule has 118 valence electrons. The Labute approximate surface area is 136 Å². The van der Waals surface area contributed by atoms with Crippen LogP contribution in [0, 0.1) is 5.92 Å². The maximum atomic E-state index is 12.5. The first-order valence-corrected chi connectivity index (χ1v) is 7.55. The van der Waals surface area contributed by atoms with Gasteiger partial charge < -0.3 is 4.74 Å². The summed E-state index contributed by atoms with van der Waals surface area (Å²) in [6.45, 7) is 1.83. The van der Waals surface area contributed by atoms with Gasteiger partial charge in [-0.2, -0.15) is 0 Å². The van der Waals surface area contributed by atoms with Gasteiger partial charge in [0.05, 0.1) is 7.11 Å². The third kappa shape index (κ3) is 4.65. The molecular weight excluding hydrogens is 288 g/mol. The fraction of sp³-hybridized carbons (Fsp3) is 0.200. The van der Waals surface area contributed by atoms with Crippen LogP contribution >= 0.6 is 0 Å². The lowest BCUT2D eigenvalue weighted by atomic mass is 9.92. The minimum atomic E-state index is -0.401. The minimum Gasteiger partial charge on any atom is -0.466 e. The van der Waals surface area contributed by atoms with E-state index in [0.717, 1.165) is 5.56 Å². The highest BCUT2D eigenvalue weighted by atomic mass is 16.5. The van der Waals surface area contributed by atoms with Gasteiger partial charge in [0.25, 0.3) is 0 Å². The third-order valence-corrected chi connectivity index (χ3v) is 3.62. The highest BCUT2D eigenvalue weighted by Gasteiger charge is 2.20. The maximum absolute atomic E-state index is 12.5. The number of ketones is 1. The number of ether oxygens (including phenoxy) is 1. The van der Waals surface area contributed by atoms with E-state index < -0.39 is 5.97 Å². The Morgan fingerprint density at radius 1 is 1.00 bits per heavy atom. The Balaban J connectivity index is 2.19. The van der Waals surface area contributed by atoms with Crippen molar-refractivity contribution in [2.75, 3.05) is 7.11 Å². The zero-order valence-corrected chi connectivity index (χ0v) is 13.4. The topological polar surface area (TPSA) is 43.4 Å². The molecule has 0 aliphatic rings. The van der Waals surface area contributed by atoms with Gasteiger partial charge in [0.2, 0.25) is 0 Å². The van der Waals surface area contributed by atoms with Gasteiger partial charge in [0.15, 0.2) is 5.78 Å². The SMILES string of the molecule is COC(=O)/C(=C/c1ccccc1)CC(C)C(=O)c1ccccc1. The highest BCUT2D eigenvalue weighted by molar-refractivity contribution is 6.00. The number of hydrogen-bond donors (Lipinski definition) is 0. The molecule has 0 fully saturated rings. The highest BCUT2D eigenvalue weighted by Crippen LogP contribution is 2.20. The second-order valence-corrected chi connectivity index (χ2v) is 5.41. The molecule has 1 atom stereocenters. The Morgan fingerprint density at radius 2 is 1.57 bits per heavy atom. The Hall–Kier alpha value is -2.68. The summed E-state index contributed by atoms with van der Waals surface area (Å²) in [4.78, 5) is 24.5. The van der Waals surface area contributed by atoms with E-state index in [2.05, 4.69) is 0 Å². The largest absolute Gasteiger partial charge is 0.466 e. The van der Waals surface area contributed by atoms with E-state index in [1.165, 1.54) is 7.11 Å². The quantitative estimate of drug-likeness (QED) is 0.457. The van der Waals surface area contributed by atoms with E-state index >= 15 is 0 Å². The Kier molecular flexibility index (Phi) is 5.87. The molecule has 0 bridgehead atoms. The van der Waals surface area contributed by atoms with Gasteiger partial charge in [-0.05, 0) is 18.1 Å². The average molecular weight is 308 g/mol. The van der Waals surface area contributed by atoms with Crippen molar-refractivity contribution < 1.29 is 14.3 Å². The van der Waals surface area contributed by atoms with Crippen LogP contribution in [0.4, 0.5) is 0 Å². The summed E-state index contributed by atoms with van der Waals surface area (Å²) in [7, 11) is 1.35. The van der Waals surface area contributed by atoms with Gasteiger partial charge in [-0.1, -0.05) is 67.6 Å². The number of Topliss-reactive ketones (excluding diaryl/α,β-unsaturated/α-hetero) is 1. The van der Waals surface area contributed by atoms with Crippen LogP contribution in [-0.4, -0.2) is 18.9 Å². The van der Waals surface area contributed by atoms with Crippen molar-refractivity contribution in [3.05, 3.63) is 77.4 Å². The molecule has 0 saturated heterocycles. The molecular formula is C20H20O3. The van der Waals surface area contributed by atoms with E-state index in [1.54, 1.807) is 18.2 Å². The summed E-state index contributed by atoms with van der Waals surface area (Å²) in [5.74, 6) is -0.679. The van der Waals surface area contributed by atoms with Crippen LogP contribution in [0.1, 0.15) is 29.3 Å². The van der Waals surface area contributed by atoms with Gasteiger partial charge in [0, 0.05) is 17.1 Å². The number of esters is 1. The maximum Gasteiger partial charge on any atom is 0.333 e. The van der Waals surface area contributed by atoms with Gasteiger partial charge in [0.1, 0.15) is 0 Å². The first-order chi connectivity index (χ1) is 11.1. The normalized spacial score (nSPS) is 12.5. The van der Waals surface area contributed by atoms with Crippen LogP contribution in [-0.2, 0) is 9.53 Å². The second-order valence-electron chi connectivity index (χ2n) is 5.41. The van der Waals surface area contributed by atoms with Crippen molar-refractivity contribution in [3.63, 3.8) is 0 Å². The predicted molar refractivity (Wildman–Crippen MR) is 91.0 cm³/mol. The summed E-state index contributed by atoms with van der Waals surface area (Å²) in [6.07, 6.45) is 2.12. The van der Waals surface area contributed by atoms with Crippen LogP contribution < -0.4 is 0 Å². The van der Waals surface area contributed by atoms with Crippen molar-refractivity contribution >= 4 is 17.8 Å². The first-order valence-electron chi connectivity index (χ1n) is 7.55. The molecule has 0 saturated carbocycles. The van der Waals surface area contributed by atoms with Crippen LogP contribution in [0.3, 0.4) is 0 Å². The summed E-state index contributed by atoms with van der Waals surface area (Å²) in [6, 6.07) is 18.7. The summed E-state index contributed by atoms with van der Waals surface area (Å²) < 4.78 is 4.85. The molecule has 1 unspecified atom stereocenters. The van der Waals surface area contributed by atoms with Crippen LogP contribution in [0.15, 0.2) is 66.2 Å². The van der Waals surface area contributed by atoms with E-state index in [0.29, 0.717) is 17.6 Å². The minimum absolute atomic E-state index is 0.0217. The molecule has 0 aromatic heterocycles. The molecule has 2 aromatic carbocycles. The van der Waals surface area contributed by atoms with E-state index in [9.17, 15) is 9.59 Å². The smallest absolute Gasteiger partial charge is 0.333 e. The molecule has 23 heavy (non-hydrogen) atoms. The molecule has 0 aliphatic carbocycles. The van der Waals surface area contributed by atoms with Crippen molar-refractivity contribution in [1.82, 2.24) is 0 Å². The van der Waals surface area contributed by atoms with Gasteiger partial charge in [-0.15, -0.1) is 0 Å². The molecule has 0 amide bonds. The van der Waals surface area contributed by atoms with Crippen molar-refractivity contribution in [1.29, 1.82) is 0 Å². The second kappa shape index (κ2) is 8.08. The lowest BCUT2D eigenvalue weighted by Gasteiger charge is -2.12. The van der Waals surface area contributed by atoms with Crippen molar-refractivity contribution in [2.24, 2.45) is 5.92 Å². The number of carbonyl (C=O) groups excluding carboxylic acids is 2. The number of methoxy groups -OCH3 is 1. The van der Waals surface area contributed by atoms with Crippen LogP contribution in [0.25, 0.3) is 6.08 Å². The summed E-state index contributed by atoms with van der Waals surface area (Å²) in [5, 5.41) is 0. The molecule has 0 spiro atoms. The fourth-order valence-electron chi connectivity index (χ4n) is 2.39. The first kappa shape index (κ1) is 16.7. The van der Waals surface area contributed by atoms with Crippen molar-refractivity contribution in [2.45, 2.75) is 13.3 Å². The fourth-order valence-corrected chi connectivity index (χ4v) is 2.39. The average Bonchev–Trinajstić information content (AvgIpc) is 2.61. The Bertz CT molecular complexity index is 687. The van der Waals surface area contributed by atoms with E-state index in [4.69, 9.17) is 4.74 Å². The van der Waals surface area contributed by atoms with E-state index in [-0.39, 0.29) is 11.7 Å². The molecule has 0 radical (unpaired) electrons. The lowest BCUT2D eigenvalue weighted by molar-refractivity contribution is -0.136. The summed E-state index contributed by atoms with van der Waals surface area (Å²) >= 11 is 0. The molecule has 2 rings (SSSR count). The molecule has 3 nitrogen and oxygen atoms in total. The third-order valence-electron chi connectivity index (χ3n) is 3.62. The standard InChI is InChI=1S/C20H20O3/c1-15(19(21)17-11-7-4-8-12-17)13-18(20(22)23-2)14-16-9-5-3-6-10-16/h3-12,14-15H,13H2,1-2H3/b18-14+. The molecule has 2 aromatic rings. The zero-order chi connectivity index (χ0) is 16.7. The number of carbonyl (C=O) groups is 2. The van der Waals surface area contributed by atoms with Gasteiger partial charge in [-0.3, -0.25) is 4.79 Å². The molecule has 0 aliphatic heterocycles. The Morgan fingerprint density at radius 3 is 2.13 bits per heavy atom. The van der Waals surface area contributed by atoms with Gasteiger partial charge in [-0.25, -0.2) is 4.79 Å². The number of rotatable bonds is 6. The molecule has 3 heteroatoms.